The normalized spacial score (nSPS) is 24.7. The van der Waals surface area contributed by atoms with Crippen LogP contribution in [-0.2, 0) is 9.59 Å². The van der Waals surface area contributed by atoms with Crippen molar-refractivity contribution in [3.05, 3.63) is 29.3 Å². The van der Waals surface area contributed by atoms with Crippen molar-refractivity contribution >= 4 is 11.8 Å². The predicted octanol–water partition coefficient (Wildman–Crippen LogP) is 2.66. The number of rotatable bonds is 5. The van der Waals surface area contributed by atoms with Crippen LogP contribution >= 0.6 is 0 Å². The number of hydrogen-bond donors (Lipinski definition) is 2. The third-order valence-electron chi connectivity index (χ3n) is 5.43. The second-order valence-corrected chi connectivity index (χ2v) is 7.25. The summed E-state index contributed by atoms with van der Waals surface area (Å²) in [5.41, 5.74) is 6.94. The van der Waals surface area contributed by atoms with E-state index in [9.17, 15) is 9.59 Å². The maximum Gasteiger partial charge on any atom is 0.276 e. The average molecular weight is 330 g/mol. The van der Waals surface area contributed by atoms with Crippen molar-refractivity contribution in [1.82, 2.24) is 10.9 Å². The third kappa shape index (κ3) is 3.89. The molecule has 24 heavy (non-hydrogen) atoms. The van der Waals surface area contributed by atoms with E-state index in [0.717, 1.165) is 22.8 Å². The Kier molecular flexibility index (Phi) is 5.07. The molecule has 0 spiro atoms. The smallest absolute Gasteiger partial charge is 0.276 e. The Bertz CT molecular complexity index is 609. The zero-order chi connectivity index (χ0) is 17.1. The topological polar surface area (TPSA) is 67.4 Å². The van der Waals surface area contributed by atoms with Gasteiger partial charge in [-0.2, -0.15) is 0 Å². The van der Waals surface area contributed by atoms with Crippen LogP contribution < -0.4 is 15.6 Å². The summed E-state index contributed by atoms with van der Waals surface area (Å²) in [6, 6.07) is 5.84. The second-order valence-electron chi connectivity index (χ2n) is 7.25. The lowest BCUT2D eigenvalue weighted by Crippen LogP contribution is -2.44. The number of carbonyl (C=O) groups excluding carboxylic acids is 2. The molecule has 0 heterocycles. The van der Waals surface area contributed by atoms with Crippen molar-refractivity contribution in [1.29, 1.82) is 0 Å². The van der Waals surface area contributed by atoms with Crippen molar-refractivity contribution in [3.63, 3.8) is 0 Å². The van der Waals surface area contributed by atoms with Gasteiger partial charge in [0.05, 0.1) is 0 Å². The molecule has 2 aliphatic carbocycles. The molecule has 0 aliphatic heterocycles. The molecule has 2 amide bonds. The molecule has 2 fully saturated rings. The maximum atomic E-state index is 12.0. The zero-order valence-electron chi connectivity index (χ0n) is 14.4. The number of carbonyl (C=O) groups is 2. The van der Waals surface area contributed by atoms with Gasteiger partial charge in [-0.15, -0.1) is 0 Å². The number of ether oxygens (including phenoxy) is 1. The van der Waals surface area contributed by atoms with Crippen LogP contribution in [0.5, 0.6) is 5.75 Å². The Morgan fingerprint density at radius 2 is 1.79 bits per heavy atom. The summed E-state index contributed by atoms with van der Waals surface area (Å²) in [6.45, 7) is 3.77. The fourth-order valence-electron chi connectivity index (χ4n) is 4.26. The van der Waals surface area contributed by atoms with Gasteiger partial charge in [0.15, 0.2) is 6.61 Å². The molecule has 3 unspecified atom stereocenters. The summed E-state index contributed by atoms with van der Waals surface area (Å²) in [7, 11) is 0. The molecule has 3 atom stereocenters. The second kappa shape index (κ2) is 7.24. The number of fused-ring (bicyclic) bond motifs is 2. The average Bonchev–Trinajstić information content (AvgIpc) is 3.15. The van der Waals surface area contributed by atoms with Crippen LogP contribution in [0.1, 0.15) is 43.2 Å². The molecule has 5 nitrogen and oxygen atoms in total. The quantitative estimate of drug-likeness (QED) is 0.816. The number of hydrogen-bond acceptors (Lipinski definition) is 3. The minimum atomic E-state index is -0.348. The highest BCUT2D eigenvalue weighted by atomic mass is 16.5. The van der Waals surface area contributed by atoms with Crippen molar-refractivity contribution in [3.8, 4) is 5.75 Å². The summed E-state index contributed by atoms with van der Waals surface area (Å²) < 4.78 is 5.57. The molecule has 1 aromatic rings. The van der Waals surface area contributed by atoms with Gasteiger partial charge in [-0.1, -0.05) is 24.6 Å². The van der Waals surface area contributed by atoms with Crippen LogP contribution in [0.3, 0.4) is 0 Å². The Morgan fingerprint density at radius 1 is 1.08 bits per heavy atom. The summed E-state index contributed by atoms with van der Waals surface area (Å²) in [5.74, 6) is 2.30. The van der Waals surface area contributed by atoms with Crippen LogP contribution in [0.4, 0.5) is 0 Å². The minimum absolute atomic E-state index is 0.104. The first-order chi connectivity index (χ1) is 11.5. The predicted molar refractivity (Wildman–Crippen MR) is 91.3 cm³/mol. The lowest BCUT2D eigenvalue weighted by Gasteiger charge is -2.21. The molecule has 0 radical (unpaired) electrons. The van der Waals surface area contributed by atoms with Crippen LogP contribution in [0.15, 0.2) is 18.2 Å². The molecule has 2 saturated carbocycles. The van der Waals surface area contributed by atoms with Crippen molar-refractivity contribution < 1.29 is 14.3 Å². The van der Waals surface area contributed by atoms with E-state index in [-0.39, 0.29) is 18.4 Å². The number of hydrazine groups is 1. The zero-order valence-corrected chi connectivity index (χ0v) is 14.4. The highest BCUT2D eigenvalue weighted by molar-refractivity contribution is 5.82. The van der Waals surface area contributed by atoms with Crippen LogP contribution in [0, 0.1) is 31.6 Å². The van der Waals surface area contributed by atoms with Gasteiger partial charge in [-0.05, 0) is 62.0 Å². The van der Waals surface area contributed by atoms with Crippen LogP contribution in [0.2, 0.25) is 0 Å². The lowest BCUT2D eigenvalue weighted by molar-refractivity contribution is -0.130. The minimum Gasteiger partial charge on any atom is -0.483 e. The first-order valence-electron chi connectivity index (χ1n) is 8.79. The van der Waals surface area contributed by atoms with Gasteiger partial charge >= 0.3 is 0 Å². The summed E-state index contributed by atoms with van der Waals surface area (Å²) in [5, 5.41) is 0. The number of amides is 2. The molecule has 0 aromatic heterocycles. The Labute approximate surface area is 143 Å². The van der Waals surface area contributed by atoms with E-state index in [1.807, 2.05) is 32.0 Å². The summed E-state index contributed by atoms with van der Waals surface area (Å²) in [4.78, 5) is 23.9. The van der Waals surface area contributed by atoms with E-state index in [4.69, 9.17) is 4.74 Å². The number of benzene rings is 1. The third-order valence-corrected chi connectivity index (χ3v) is 5.43. The standard InChI is InChI=1S/C19H26N2O3/c1-12-4-3-5-13(2)19(12)24-11-18(23)21-20-17(22)10-16-9-14-6-7-15(16)8-14/h3-5,14-16H,6-11H2,1-2H3,(H,20,22)(H,21,23). The molecule has 2 N–H and O–H groups in total. The highest BCUT2D eigenvalue weighted by Gasteiger charge is 2.40. The summed E-state index contributed by atoms with van der Waals surface area (Å²) in [6.07, 6.45) is 5.56. The molecule has 5 heteroatoms. The molecule has 3 rings (SSSR count). The Morgan fingerprint density at radius 3 is 2.42 bits per heavy atom. The van der Waals surface area contributed by atoms with Crippen LogP contribution in [-0.4, -0.2) is 18.4 Å². The largest absolute Gasteiger partial charge is 0.483 e. The number of nitrogens with one attached hydrogen (secondary N) is 2. The van der Waals surface area contributed by atoms with Crippen molar-refractivity contribution in [2.45, 2.75) is 46.0 Å². The fraction of sp³-hybridized carbons (Fsp3) is 0.579. The van der Waals surface area contributed by atoms with Gasteiger partial charge in [-0.25, -0.2) is 0 Å². The van der Waals surface area contributed by atoms with E-state index in [2.05, 4.69) is 10.9 Å². The van der Waals surface area contributed by atoms with E-state index in [1.165, 1.54) is 25.7 Å². The van der Waals surface area contributed by atoms with E-state index >= 15 is 0 Å². The van der Waals surface area contributed by atoms with Gasteiger partial charge in [0.25, 0.3) is 5.91 Å². The SMILES string of the molecule is Cc1cccc(C)c1OCC(=O)NNC(=O)CC1CC2CCC1C2. The number of para-hydroxylation sites is 1. The van der Waals surface area contributed by atoms with E-state index in [0.29, 0.717) is 18.3 Å². The molecule has 1 aromatic carbocycles. The van der Waals surface area contributed by atoms with Crippen molar-refractivity contribution in [2.75, 3.05) is 6.61 Å². The van der Waals surface area contributed by atoms with Crippen LogP contribution in [0.25, 0.3) is 0 Å². The van der Waals surface area contributed by atoms with E-state index < -0.39 is 0 Å². The van der Waals surface area contributed by atoms with Gasteiger partial charge < -0.3 is 4.74 Å². The first-order valence-corrected chi connectivity index (χ1v) is 8.79. The molecule has 130 valence electrons. The maximum absolute atomic E-state index is 12.0. The lowest BCUT2D eigenvalue weighted by atomic mass is 9.86. The molecular formula is C19H26N2O3. The first kappa shape index (κ1) is 16.8. The monoisotopic (exact) mass is 330 g/mol. The van der Waals surface area contributed by atoms with Gasteiger partial charge in [0.1, 0.15) is 5.75 Å². The molecular weight excluding hydrogens is 304 g/mol. The van der Waals surface area contributed by atoms with Crippen molar-refractivity contribution in [2.24, 2.45) is 17.8 Å². The van der Waals surface area contributed by atoms with Gasteiger partial charge in [0.2, 0.25) is 5.91 Å². The Balaban J connectivity index is 1.38. The number of aryl methyl sites for hydroxylation is 2. The van der Waals surface area contributed by atoms with E-state index in [1.54, 1.807) is 0 Å². The summed E-state index contributed by atoms with van der Waals surface area (Å²) >= 11 is 0. The van der Waals surface area contributed by atoms with Gasteiger partial charge in [0, 0.05) is 6.42 Å². The molecule has 2 aliphatic rings. The Hall–Kier alpha value is -2.04. The highest BCUT2D eigenvalue weighted by Crippen LogP contribution is 2.49. The molecule has 2 bridgehead atoms. The molecule has 0 saturated heterocycles. The fourth-order valence-corrected chi connectivity index (χ4v) is 4.26. The van der Waals surface area contributed by atoms with Gasteiger partial charge in [-0.3, -0.25) is 20.4 Å².